The number of thioether (sulfide) groups is 1. The van der Waals surface area contributed by atoms with Crippen LogP contribution < -0.4 is 0 Å². The molecule has 5 atom stereocenters. The van der Waals surface area contributed by atoms with Crippen LogP contribution in [0.2, 0.25) is 0 Å². The quantitative estimate of drug-likeness (QED) is 0.534. The summed E-state index contributed by atoms with van der Waals surface area (Å²) in [7, 11) is -4.03. The van der Waals surface area contributed by atoms with E-state index in [1.54, 1.807) is 6.92 Å². The van der Waals surface area contributed by atoms with Crippen molar-refractivity contribution in [3.05, 3.63) is 12.2 Å². The van der Waals surface area contributed by atoms with E-state index in [0.29, 0.717) is 10.3 Å². The lowest BCUT2D eigenvalue weighted by atomic mass is 9.85. The van der Waals surface area contributed by atoms with Crippen LogP contribution in [-0.2, 0) is 24.0 Å². The highest BCUT2D eigenvalue weighted by Crippen LogP contribution is 2.52. The molecule has 3 aliphatic carbocycles. The van der Waals surface area contributed by atoms with E-state index in [1.807, 2.05) is 12.2 Å². The molecule has 0 aromatic rings. The van der Waals surface area contributed by atoms with E-state index in [4.69, 9.17) is 4.28 Å². The number of allylic oxidation sites excluding steroid dienone is 2. The molecule has 5 unspecified atom stereocenters. The van der Waals surface area contributed by atoms with Gasteiger partial charge < -0.3 is 0 Å². The van der Waals surface area contributed by atoms with Gasteiger partial charge in [-0.3, -0.25) is 9.59 Å². The van der Waals surface area contributed by atoms with Gasteiger partial charge in [-0.2, -0.15) is 8.42 Å². The van der Waals surface area contributed by atoms with Crippen molar-refractivity contribution in [3.63, 3.8) is 0 Å². The van der Waals surface area contributed by atoms with Crippen LogP contribution in [0.15, 0.2) is 12.2 Å². The zero-order valence-electron chi connectivity index (χ0n) is 14.2. The van der Waals surface area contributed by atoms with E-state index < -0.39 is 38.4 Å². The monoisotopic (exact) mass is 385 g/mol. The van der Waals surface area contributed by atoms with Crippen LogP contribution in [0.4, 0.5) is 0 Å². The molecule has 1 heterocycles. The Balaban J connectivity index is 1.44. The van der Waals surface area contributed by atoms with Gasteiger partial charge in [0.25, 0.3) is 11.8 Å². The summed E-state index contributed by atoms with van der Waals surface area (Å²) in [6.07, 6.45) is 10.2. The number of carbonyl (C=O) groups is 2. The lowest BCUT2D eigenvalue weighted by molar-refractivity contribution is -0.166. The highest BCUT2D eigenvalue weighted by molar-refractivity contribution is 8.12. The van der Waals surface area contributed by atoms with Gasteiger partial charge in [-0.25, -0.2) is 0 Å². The van der Waals surface area contributed by atoms with Gasteiger partial charge in [-0.05, 0) is 38.0 Å². The largest absolute Gasteiger partial charge is 0.300 e. The van der Waals surface area contributed by atoms with E-state index >= 15 is 0 Å². The van der Waals surface area contributed by atoms with Crippen molar-refractivity contribution in [2.24, 2.45) is 23.7 Å². The Morgan fingerprint density at radius 1 is 1.08 bits per heavy atom. The number of hydroxylamine groups is 2. The molecule has 4 aliphatic rings. The maximum Gasteiger partial charge on any atom is 0.300 e. The summed E-state index contributed by atoms with van der Waals surface area (Å²) in [5.74, 6) is -1.80. The molecule has 6 nitrogen and oxygen atoms in total. The number of fused-ring (bicyclic) bond motifs is 5. The van der Waals surface area contributed by atoms with Crippen LogP contribution >= 0.6 is 11.8 Å². The fourth-order valence-corrected chi connectivity index (χ4v) is 7.40. The highest BCUT2D eigenvalue weighted by atomic mass is 32.3. The molecule has 2 bridgehead atoms. The topological polar surface area (TPSA) is 80.8 Å². The molecule has 0 N–H and O–H groups in total. The Kier molecular flexibility index (Phi) is 4.48. The summed E-state index contributed by atoms with van der Waals surface area (Å²) in [5.41, 5.74) is 0. The van der Waals surface area contributed by atoms with Crippen LogP contribution in [0.1, 0.15) is 45.4 Å². The Morgan fingerprint density at radius 2 is 1.64 bits per heavy atom. The lowest BCUT2D eigenvalue weighted by Gasteiger charge is -2.25. The van der Waals surface area contributed by atoms with Gasteiger partial charge in [-0.15, -0.1) is 21.1 Å². The van der Waals surface area contributed by atoms with Gasteiger partial charge >= 0.3 is 10.1 Å². The molecule has 4 rings (SSSR count). The Bertz CT molecular complexity index is 683. The first-order valence-electron chi connectivity index (χ1n) is 9.03. The maximum absolute atomic E-state index is 12.6. The first kappa shape index (κ1) is 17.5. The van der Waals surface area contributed by atoms with Gasteiger partial charge in [0.1, 0.15) is 4.58 Å². The number of carbonyl (C=O) groups excluding carboxylic acids is 2. The molecule has 8 heteroatoms. The fraction of sp³-hybridized carbons (Fsp3) is 0.765. The van der Waals surface area contributed by atoms with Crippen LogP contribution in [0.25, 0.3) is 0 Å². The molecule has 1 saturated heterocycles. The van der Waals surface area contributed by atoms with E-state index in [9.17, 15) is 18.0 Å². The van der Waals surface area contributed by atoms with E-state index in [2.05, 4.69) is 0 Å². The summed E-state index contributed by atoms with van der Waals surface area (Å²) in [5, 5.41) is 0.834. The highest BCUT2D eigenvalue weighted by Gasteiger charge is 2.61. The van der Waals surface area contributed by atoms with Gasteiger partial charge in [0.15, 0.2) is 0 Å². The van der Waals surface area contributed by atoms with Crippen LogP contribution in [-0.4, -0.2) is 35.1 Å². The fourth-order valence-electron chi connectivity index (χ4n) is 4.65. The van der Waals surface area contributed by atoms with E-state index in [-0.39, 0.29) is 11.8 Å². The standard InChI is InChI=1S/C17H23NO5S2/c1-10(24-13-5-3-2-4-6-13)25(21,22)23-18-16(19)14-11-7-8-12(9-11)15(14)17(18)20/h7-8,10-15H,2-6,9H2,1H3. The number of hydrogen-bond acceptors (Lipinski definition) is 6. The molecular formula is C17H23NO5S2. The van der Waals surface area contributed by atoms with Crippen molar-refractivity contribution >= 4 is 33.7 Å². The number of nitrogens with zero attached hydrogens (tertiary/aromatic N) is 1. The van der Waals surface area contributed by atoms with Gasteiger partial charge in [0.2, 0.25) is 0 Å². The summed E-state index contributed by atoms with van der Waals surface area (Å²) in [4.78, 5) is 25.1. The van der Waals surface area contributed by atoms with Gasteiger partial charge in [0.05, 0.1) is 11.8 Å². The summed E-state index contributed by atoms with van der Waals surface area (Å²) in [6.45, 7) is 1.58. The Labute approximate surface area is 152 Å². The maximum atomic E-state index is 12.6. The molecule has 0 spiro atoms. The second-order valence-corrected chi connectivity index (χ2v) is 11.3. The van der Waals surface area contributed by atoms with Crippen molar-refractivity contribution in [2.75, 3.05) is 0 Å². The van der Waals surface area contributed by atoms with Gasteiger partial charge in [-0.1, -0.05) is 31.4 Å². The van der Waals surface area contributed by atoms with Crippen molar-refractivity contribution in [2.45, 2.75) is 55.3 Å². The van der Waals surface area contributed by atoms with Crippen molar-refractivity contribution in [3.8, 4) is 0 Å². The Hall–Kier alpha value is -0.860. The first-order valence-corrected chi connectivity index (χ1v) is 11.4. The average molecular weight is 386 g/mol. The van der Waals surface area contributed by atoms with Crippen LogP contribution in [0.3, 0.4) is 0 Å². The lowest BCUT2D eigenvalue weighted by Crippen LogP contribution is -2.37. The minimum Gasteiger partial charge on any atom is -0.272 e. The molecule has 2 saturated carbocycles. The van der Waals surface area contributed by atoms with Gasteiger partial charge in [0, 0.05) is 5.25 Å². The first-order chi connectivity index (χ1) is 11.9. The average Bonchev–Trinajstić information content (AvgIpc) is 3.26. The molecule has 0 aromatic carbocycles. The smallest absolute Gasteiger partial charge is 0.272 e. The van der Waals surface area contributed by atoms with Crippen molar-refractivity contribution < 1.29 is 22.3 Å². The molecular weight excluding hydrogens is 362 g/mol. The van der Waals surface area contributed by atoms with E-state index in [0.717, 1.165) is 32.1 Å². The van der Waals surface area contributed by atoms with Crippen molar-refractivity contribution in [1.82, 2.24) is 5.06 Å². The second kappa shape index (κ2) is 6.39. The molecule has 2 amide bonds. The van der Waals surface area contributed by atoms with Crippen LogP contribution in [0.5, 0.6) is 0 Å². The number of imide groups is 1. The SMILES string of the molecule is CC(SC1CCCCC1)S(=O)(=O)ON1C(=O)C2C3C=CC(C3)C2C1=O. The molecule has 138 valence electrons. The molecule has 1 aliphatic heterocycles. The summed E-state index contributed by atoms with van der Waals surface area (Å²) in [6, 6.07) is 0. The molecule has 0 aromatic heterocycles. The Morgan fingerprint density at radius 3 is 2.20 bits per heavy atom. The minimum atomic E-state index is -4.03. The molecule has 25 heavy (non-hydrogen) atoms. The number of amides is 2. The predicted molar refractivity (Wildman–Crippen MR) is 93.5 cm³/mol. The zero-order chi connectivity index (χ0) is 17.8. The molecule has 3 fully saturated rings. The predicted octanol–water partition coefficient (Wildman–Crippen LogP) is 2.47. The number of rotatable bonds is 5. The third-order valence-electron chi connectivity index (χ3n) is 5.95. The summed E-state index contributed by atoms with van der Waals surface area (Å²) >= 11 is 1.37. The third kappa shape index (κ3) is 2.96. The molecule has 0 radical (unpaired) electrons. The second-order valence-electron chi connectivity index (χ2n) is 7.50. The normalized spacial score (nSPS) is 36.3. The number of hydrogen-bond donors (Lipinski definition) is 0. The van der Waals surface area contributed by atoms with E-state index in [1.165, 1.54) is 18.2 Å². The minimum absolute atomic E-state index is 0.0387. The van der Waals surface area contributed by atoms with Crippen molar-refractivity contribution in [1.29, 1.82) is 0 Å². The summed E-state index contributed by atoms with van der Waals surface area (Å²) < 4.78 is 29.3. The van der Waals surface area contributed by atoms with Crippen LogP contribution in [0, 0.1) is 23.7 Å². The zero-order valence-corrected chi connectivity index (χ0v) is 15.8. The third-order valence-corrected chi connectivity index (χ3v) is 9.40.